The molecule has 0 bridgehead atoms. The maximum Gasteiger partial charge on any atom is 0.223 e. The van der Waals surface area contributed by atoms with Crippen LogP contribution >= 0.6 is 12.2 Å². The van der Waals surface area contributed by atoms with Gasteiger partial charge in [0.15, 0.2) is 10.6 Å². The van der Waals surface area contributed by atoms with Crippen molar-refractivity contribution in [3.05, 3.63) is 22.3 Å². The molecule has 0 unspecified atom stereocenters. The largest absolute Gasteiger partial charge is 0.340 e. The van der Waals surface area contributed by atoms with Crippen LogP contribution in [0.5, 0.6) is 0 Å². The summed E-state index contributed by atoms with van der Waals surface area (Å²) >= 11 is 5.16. The Kier molecular flexibility index (Phi) is 2.86. The van der Waals surface area contributed by atoms with Crippen molar-refractivity contribution in [1.29, 1.82) is 0 Å². The molecule has 0 amide bonds. The van der Waals surface area contributed by atoms with Crippen molar-refractivity contribution in [2.45, 2.75) is 33.2 Å². The second-order valence-electron chi connectivity index (χ2n) is 3.86. The zero-order valence-corrected chi connectivity index (χ0v) is 10.2. The second kappa shape index (κ2) is 4.17. The zero-order chi connectivity index (χ0) is 11.7. The summed E-state index contributed by atoms with van der Waals surface area (Å²) in [5.41, 5.74) is 0. The SMILES string of the molecule is Cc1nc(Cn2c(C(C)C)n[nH]c2=S)no1. The predicted molar refractivity (Wildman–Crippen MR) is 59.6 cm³/mol. The summed E-state index contributed by atoms with van der Waals surface area (Å²) in [5.74, 6) is 2.35. The van der Waals surface area contributed by atoms with Crippen LogP contribution in [0.2, 0.25) is 0 Å². The molecule has 0 aliphatic heterocycles. The van der Waals surface area contributed by atoms with E-state index in [0.717, 1.165) is 5.82 Å². The molecule has 0 spiro atoms. The molecule has 0 saturated heterocycles. The normalized spacial score (nSPS) is 11.2. The average Bonchev–Trinajstić information content (AvgIpc) is 2.76. The van der Waals surface area contributed by atoms with Crippen LogP contribution in [0, 0.1) is 11.7 Å². The summed E-state index contributed by atoms with van der Waals surface area (Å²) in [7, 11) is 0. The number of hydrogen-bond donors (Lipinski definition) is 1. The Morgan fingerprint density at radius 3 is 2.81 bits per heavy atom. The molecule has 0 aliphatic rings. The molecule has 0 aromatic carbocycles. The Morgan fingerprint density at radius 2 is 2.25 bits per heavy atom. The lowest BCUT2D eigenvalue weighted by molar-refractivity contribution is 0.385. The number of aryl methyl sites for hydroxylation is 1. The molecule has 0 atom stereocenters. The van der Waals surface area contributed by atoms with Gasteiger partial charge in [-0.05, 0) is 12.2 Å². The van der Waals surface area contributed by atoms with E-state index >= 15 is 0 Å². The molecular weight excluding hydrogens is 226 g/mol. The van der Waals surface area contributed by atoms with E-state index in [9.17, 15) is 0 Å². The summed E-state index contributed by atoms with van der Waals surface area (Å²) in [5, 5.41) is 10.8. The predicted octanol–water partition coefficient (Wildman–Crippen LogP) is 1.80. The molecule has 0 saturated carbocycles. The Morgan fingerprint density at radius 1 is 1.50 bits per heavy atom. The Labute approximate surface area is 97.7 Å². The third kappa shape index (κ3) is 2.04. The fraction of sp³-hybridized carbons (Fsp3) is 0.556. The monoisotopic (exact) mass is 239 g/mol. The summed E-state index contributed by atoms with van der Waals surface area (Å²) in [4.78, 5) is 4.14. The van der Waals surface area contributed by atoms with Gasteiger partial charge >= 0.3 is 0 Å². The Hall–Kier alpha value is -1.50. The van der Waals surface area contributed by atoms with Crippen LogP contribution in [-0.4, -0.2) is 24.9 Å². The highest BCUT2D eigenvalue weighted by Gasteiger charge is 2.12. The van der Waals surface area contributed by atoms with Crippen LogP contribution in [0.3, 0.4) is 0 Å². The Balaban J connectivity index is 2.33. The van der Waals surface area contributed by atoms with Crippen molar-refractivity contribution in [2.75, 3.05) is 0 Å². The van der Waals surface area contributed by atoms with Gasteiger partial charge in [0, 0.05) is 12.8 Å². The van der Waals surface area contributed by atoms with Crippen molar-refractivity contribution in [3.63, 3.8) is 0 Å². The summed E-state index contributed by atoms with van der Waals surface area (Å²) in [6.07, 6.45) is 0. The number of aromatic amines is 1. The van der Waals surface area contributed by atoms with Crippen LogP contribution < -0.4 is 0 Å². The van der Waals surface area contributed by atoms with Gasteiger partial charge in [-0.25, -0.2) is 0 Å². The van der Waals surface area contributed by atoms with Crippen LogP contribution in [0.1, 0.15) is 37.3 Å². The number of aromatic nitrogens is 5. The lowest BCUT2D eigenvalue weighted by Gasteiger charge is -2.05. The number of hydrogen-bond acceptors (Lipinski definition) is 5. The molecule has 2 aromatic rings. The maximum absolute atomic E-state index is 5.16. The van der Waals surface area contributed by atoms with E-state index in [1.54, 1.807) is 6.92 Å². The van der Waals surface area contributed by atoms with Crippen molar-refractivity contribution >= 4 is 12.2 Å². The van der Waals surface area contributed by atoms with Crippen LogP contribution in [0.4, 0.5) is 0 Å². The van der Waals surface area contributed by atoms with Crippen LogP contribution in [0.25, 0.3) is 0 Å². The van der Waals surface area contributed by atoms with Gasteiger partial charge in [-0.3, -0.25) is 9.67 Å². The van der Waals surface area contributed by atoms with E-state index in [0.29, 0.717) is 28.9 Å². The van der Waals surface area contributed by atoms with Gasteiger partial charge in [0.2, 0.25) is 5.89 Å². The van der Waals surface area contributed by atoms with E-state index in [-0.39, 0.29) is 0 Å². The van der Waals surface area contributed by atoms with Gasteiger partial charge in [0.25, 0.3) is 0 Å². The fourth-order valence-corrected chi connectivity index (χ4v) is 1.67. The molecule has 1 N–H and O–H groups in total. The standard InChI is InChI=1S/C9H13N5OS/c1-5(2)8-11-12-9(16)14(8)4-7-10-6(3)15-13-7/h5H,4H2,1-3H3,(H,12,16). The molecule has 2 aromatic heterocycles. The molecular formula is C9H13N5OS. The third-order valence-electron chi connectivity index (χ3n) is 2.17. The minimum absolute atomic E-state index is 0.293. The van der Waals surface area contributed by atoms with E-state index in [1.807, 2.05) is 4.57 Å². The number of nitrogens with one attached hydrogen (secondary N) is 1. The molecule has 0 fully saturated rings. The van der Waals surface area contributed by atoms with E-state index in [4.69, 9.17) is 16.7 Å². The lowest BCUT2D eigenvalue weighted by Crippen LogP contribution is -2.08. The average molecular weight is 239 g/mol. The van der Waals surface area contributed by atoms with Gasteiger partial charge in [-0.2, -0.15) is 10.1 Å². The van der Waals surface area contributed by atoms with Gasteiger partial charge in [-0.1, -0.05) is 19.0 Å². The highest BCUT2D eigenvalue weighted by molar-refractivity contribution is 7.71. The molecule has 86 valence electrons. The maximum atomic E-state index is 5.16. The molecule has 7 heteroatoms. The molecule has 2 heterocycles. The second-order valence-corrected chi connectivity index (χ2v) is 4.24. The topological polar surface area (TPSA) is 72.5 Å². The highest BCUT2D eigenvalue weighted by Crippen LogP contribution is 2.12. The first kappa shape index (κ1) is 11.0. The minimum Gasteiger partial charge on any atom is -0.340 e. The lowest BCUT2D eigenvalue weighted by atomic mass is 10.2. The minimum atomic E-state index is 0.293. The number of rotatable bonds is 3. The number of H-pyrrole nitrogens is 1. The zero-order valence-electron chi connectivity index (χ0n) is 9.39. The molecule has 0 aliphatic carbocycles. The molecule has 2 rings (SSSR count). The van der Waals surface area contributed by atoms with E-state index in [2.05, 4.69) is 34.2 Å². The van der Waals surface area contributed by atoms with Gasteiger partial charge in [-0.15, -0.1) is 0 Å². The van der Waals surface area contributed by atoms with Crippen LogP contribution in [0.15, 0.2) is 4.52 Å². The first-order valence-electron chi connectivity index (χ1n) is 5.02. The van der Waals surface area contributed by atoms with Crippen molar-refractivity contribution in [2.24, 2.45) is 0 Å². The van der Waals surface area contributed by atoms with Crippen molar-refractivity contribution in [1.82, 2.24) is 24.9 Å². The van der Waals surface area contributed by atoms with Gasteiger partial charge < -0.3 is 4.52 Å². The van der Waals surface area contributed by atoms with E-state index < -0.39 is 0 Å². The van der Waals surface area contributed by atoms with Gasteiger partial charge in [0.05, 0.1) is 6.54 Å². The van der Waals surface area contributed by atoms with E-state index in [1.165, 1.54) is 0 Å². The molecule has 0 radical (unpaired) electrons. The van der Waals surface area contributed by atoms with Crippen molar-refractivity contribution < 1.29 is 4.52 Å². The summed E-state index contributed by atoms with van der Waals surface area (Å²) in [6, 6.07) is 0. The first-order valence-corrected chi connectivity index (χ1v) is 5.43. The molecule has 6 nitrogen and oxygen atoms in total. The quantitative estimate of drug-likeness (QED) is 0.827. The molecule has 16 heavy (non-hydrogen) atoms. The highest BCUT2D eigenvalue weighted by atomic mass is 32.1. The van der Waals surface area contributed by atoms with Crippen LogP contribution in [-0.2, 0) is 6.54 Å². The Bertz CT molecular complexity index is 538. The van der Waals surface area contributed by atoms with Crippen molar-refractivity contribution in [3.8, 4) is 0 Å². The number of nitrogens with zero attached hydrogens (tertiary/aromatic N) is 4. The smallest absolute Gasteiger partial charge is 0.223 e. The summed E-state index contributed by atoms with van der Waals surface area (Å²) < 4.78 is 7.37. The fourth-order valence-electron chi connectivity index (χ4n) is 1.47. The summed E-state index contributed by atoms with van der Waals surface area (Å²) in [6.45, 7) is 6.36. The third-order valence-corrected chi connectivity index (χ3v) is 2.49. The van der Waals surface area contributed by atoms with Gasteiger partial charge in [0.1, 0.15) is 5.82 Å². The first-order chi connectivity index (χ1) is 7.58.